The van der Waals surface area contributed by atoms with Crippen LogP contribution in [-0.2, 0) is 23.7 Å². The van der Waals surface area contributed by atoms with Crippen molar-refractivity contribution in [3.05, 3.63) is 12.2 Å². The molecule has 0 radical (unpaired) electrons. The van der Waals surface area contributed by atoms with Crippen LogP contribution in [0.3, 0.4) is 0 Å². The second-order valence-electron chi connectivity index (χ2n) is 18.3. The van der Waals surface area contributed by atoms with E-state index in [9.17, 15) is 25.2 Å². The summed E-state index contributed by atoms with van der Waals surface area (Å²) in [5.41, 5.74) is 0. The van der Waals surface area contributed by atoms with E-state index in [1.165, 1.54) is 199 Å². The maximum atomic E-state index is 12.8. The van der Waals surface area contributed by atoms with Crippen molar-refractivity contribution in [1.82, 2.24) is 0 Å². The number of esters is 1. The molecule has 362 valence electrons. The number of aliphatic hydroxyl groups is 4. The average Bonchev–Trinajstić information content (AvgIpc) is 3.26. The van der Waals surface area contributed by atoms with Crippen LogP contribution in [0, 0.1) is 0 Å². The summed E-state index contributed by atoms with van der Waals surface area (Å²) in [6, 6.07) is 0. The lowest BCUT2D eigenvalue weighted by Gasteiger charge is -2.39. The zero-order valence-electron chi connectivity index (χ0n) is 39.9. The third-order valence-electron chi connectivity index (χ3n) is 12.4. The van der Waals surface area contributed by atoms with Crippen LogP contribution in [-0.4, -0.2) is 89.6 Å². The molecule has 1 heterocycles. The van der Waals surface area contributed by atoms with E-state index in [2.05, 4.69) is 26.0 Å². The number of unbranched alkanes of at least 4 members (excludes halogenated alkanes) is 33. The zero-order valence-corrected chi connectivity index (χ0v) is 39.9. The first-order valence-corrected chi connectivity index (χ1v) is 26.3. The van der Waals surface area contributed by atoms with E-state index in [1.54, 1.807) is 0 Å². The molecule has 0 bridgehead atoms. The van der Waals surface area contributed by atoms with Crippen molar-refractivity contribution >= 4 is 5.97 Å². The lowest BCUT2D eigenvalue weighted by atomic mass is 9.99. The minimum Gasteiger partial charge on any atom is -0.457 e. The predicted octanol–water partition coefficient (Wildman–Crippen LogP) is 12.8. The second kappa shape index (κ2) is 44.1. The first-order chi connectivity index (χ1) is 29.9. The van der Waals surface area contributed by atoms with Crippen LogP contribution >= 0.6 is 0 Å². The van der Waals surface area contributed by atoms with E-state index < -0.39 is 43.4 Å². The fourth-order valence-electron chi connectivity index (χ4n) is 8.31. The molecule has 6 unspecified atom stereocenters. The molecular weight excluding hydrogens is 769 g/mol. The van der Waals surface area contributed by atoms with Gasteiger partial charge in [0.15, 0.2) is 6.29 Å². The maximum absolute atomic E-state index is 12.8. The van der Waals surface area contributed by atoms with Gasteiger partial charge in [-0.05, 0) is 38.5 Å². The number of carbonyl (C=O) groups is 1. The molecule has 0 aromatic heterocycles. The highest BCUT2D eigenvalue weighted by Gasteiger charge is 2.44. The standard InChI is InChI=1S/C52H100O9/c1-3-5-7-9-11-13-15-17-19-21-23-24-25-27-29-31-33-35-37-39-41-48(54)60-46(45-59-52-51(57)50(56)49(55)47(43-53)61-52)44-58-42-40-38-36-34-32-30-28-26-22-20-18-16-14-12-10-8-6-4-2/h18,20,46-47,49-53,55-57H,3-17,19,21-45H2,1-2H3/b20-18-. The van der Waals surface area contributed by atoms with E-state index in [-0.39, 0.29) is 19.2 Å². The van der Waals surface area contributed by atoms with Gasteiger partial charge >= 0.3 is 5.97 Å². The molecule has 1 fully saturated rings. The van der Waals surface area contributed by atoms with Gasteiger partial charge in [-0.25, -0.2) is 0 Å². The van der Waals surface area contributed by atoms with E-state index in [0.717, 1.165) is 32.1 Å². The molecule has 1 saturated heterocycles. The number of aliphatic hydroxyl groups excluding tert-OH is 4. The molecule has 1 aliphatic heterocycles. The van der Waals surface area contributed by atoms with Crippen molar-refractivity contribution in [2.24, 2.45) is 0 Å². The summed E-state index contributed by atoms with van der Waals surface area (Å²) in [7, 11) is 0. The summed E-state index contributed by atoms with van der Waals surface area (Å²) in [6.07, 6.45) is 43.9. The van der Waals surface area contributed by atoms with E-state index in [0.29, 0.717) is 13.0 Å². The van der Waals surface area contributed by atoms with Gasteiger partial charge in [-0.3, -0.25) is 4.79 Å². The van der Waals surface area contributed by atoms with E-state index in [4.69, 9.17) is 18.9 Å². The van der Waals surface area contributed by atoms with E-state index in [1.807, 2.05) is 0 Å². The first kappa shape index (κ1) is 57.9. The monoisotopic (exact) mass is 869 g/mol. The maximum Gasteiger partial charge on any atom is 0.306 e. The highest BCUT2D eigenvalue weighted by molar-refractivity contribution is 5.69. The topological polar surface area (TPSA) is 135 Å². The summed E-state index contributed by atoms with van der Waals surface area (Å²) in [5.74, 6) is -0.308. The van der Waals surface area contributed by atoms with Gasteiger partial charge in [-0.2, -0.15) is 0 Å². The SMILES string of the molecule is CCCCCCCC/C=C\CCCCCCCCCCOCC(COC1OC(CO)C(O)C(O)C1O)OC(=O)CCCCCCCCCCCCCCCCCCCCCC. The van der Waals surface area contributed by atoms with Crippen molar-refractivity contribution < 1.29 is 44.2 Å². The fraction of sp³-hybridized carbons (Fsp3) is 0.942. The van der Waals surface area contributed by atoms with Gasteiger partial charge in [-0.1, -0.05) is 219 Å². The third kappa shape index (κ3) is 34.9. The van der Waals surface area contributed by atoms with Crippen molar-refractivity contribution in [1.29, 1.82) is 0 Å². The summed E-state index contributed by atoms with van der Waals surface area (Å²) in [6.45, 7) is 4.60. The second-order valence-corrected chi connectivity index (χ2v) is 18.3. The van der Waals surface area contributed by atoms with Crippen molar-refractivity contribution in [3.8, 4) is 0 Å². The highest BCUT2D eigenvalue weighted by Crippen LogP contribution is 2.23. The van der Waals surface area contributed by atoms with Gasteiger partial charge in [0.1, 0.15) is 30.5 Å². The smallest absolute Gasteiger partial charge is 0.306 e. The number of allylic oxidation sites excluding steroid dienone is 2. The minimum absolute atomic E-state index is 0.109. The third-order valence-corrected chi connectivity index (χ3v) is 12.4. The first-order valence-electron chi connectivity index (χ1n) is 26.3. The number of rotatable bonds is 46. The van der Waals surface area contributed by atoms with Crippen LogP contribution in [0.5, 0.6) is 0 Å². The van der Waals surface area contributed by atoms with Gasteiger partial charge in [-0.15, -0.1) is 0 Å². The largest absolute Gasteiger partial charge is 0.457 e. The summed E-state index contributed by atoms with van der Waals surface area (Å²) in [5, 5.41) is 40.2. The number of ether oxygens (including phenoxy) is 4. The van der Waals surface area contributed by atoms with Crippen LogP contribution in [0.15, 0.2) is 12.2 Å². The molecule has 1 rings (SSSR count). The summed E-state index contributed by atoms with van der Waals surface area (Å²) in [4.78, 5) is 12.8. The van der Waals surface area contributed by atoms with Gasteiger partial charge < -0.3 is 39.4 Å². The Kier molecular flexibility index (Phi) is 41.9. The molecule has 0 amide bonds. The van der Waals surface area contributed by atoms with Crippen LogP contribution in [0.4, 0.5) is 0 Å². The van der Waals surface area contributed by atoms with Crippen molar-refractivity contribution in [3.63, 3.8) is 0 Å². The Labute approximate surface area is 375 Å². The molecule has 61 heavy (non-hydrogen) atoms. The Morgan fingerprint density at radius 2 is 0.902 bits per heavy atom. The molecule has 0 spiro atoms. The molecule has 4 N–H and O–H groups in total. The Morgan fingerprint density at radius 3 is 1.33 bits per heavy atom. The zero-order chi connectivity index (χ0) is 44.3. The molecular formula is C52H100O9. The number of hydrogen-bond acceptors (Lipinski definition) is 9. The average molecular weight is 869 g/mol. The Balaban J connectivity index is 2.18. The van der Waals surface area contributed by atoms with Gasteiger partial charge in [0, 0.05) is 13.0 Å². The molecule has 1 aliphatic rings. The molecule has 0 aliphatic carbocycles. The molecule has 0 aromatic carbocycles. The summed E-state index contributed by atoms with van der Waals surface area (Å²) >= 11 is 0. The van der Waals surface area contributed by atoms with Gasteiger partial charge in [0.05, 0.1) is 19.8 Å². The molecule has 0 aromatic rings. The van der Waals surface area contributed by atoms with Crippen molar-refractivity contribution in [2.75, 3.05) is 26.4 Å². The highest BCUT2D eigenvalue weighted by atomic mass is 16.7. The molecule has 9 nitrogen and oxygen atoms in total. The van der Waals surface area contributed by atoms with Crippen LogP contribution in [0.1, 0.15) is 251 Å². The minimum atomic E-state index is -1.53. The lowest BCUT2D eigenvalue weighted by molar-refractivity contribution is -0.305. The van der Waals surface area contributed by atoms with Crippen molar-refractivity contribution in [2.45, 2.75) is 288 Å². The van der Waals surface area contributed by atoms with Crippen LogP contribution in [0.25, 0.3) is 0 Å². The normalized spacial score (nSPS) is 19.9. The molecule has 9 heteroatoms. The predicted molar refractivity (Wildman–Crippen MR) is 252 cm³/mol. The lowest BCUT2D eigenvalue weighted by Crippen LogP contribution is -2.59. The summed E-state index contributed by atoms with van der Waals surface area (Å²) < 4.78 is 22.9. The van der Waals surface area contributed by atoms with Gasteiger partial charge in [0.2, 0.25) is 0 Å². The number of carbonyl (C=O) groups excluding carboxylic acids is 1. The molecule has 6 atom stereocenters. The van der Waals surface area contributed by atoms with Crippen LogP contribution in [0.2, 0.25) is 0 Å². The van der Waals surface area contributed by atoms with E-state index >= 15 is 0 Å². The number of hydrogen-bond donors (Lipinski definition) is 4. The Bertz CT molecular complexity index is 946. The Morgan fingerprint density at radius 1 is 0.508 bits per heavy atom. The van der Waals surface area contributed by atoms with Crippen LogP contribution < -0.4 is 0 Å². The molecule has 0 saturated carbocycles. The fourth-order valence-corrected chi connectivity index (χ4v) is 8.31. The van der Waals surface area contributed by atoms with Gasteiger partial charge in [0.25, 0.3) is 0 Å². The Hall–Kier alpha value is -1.07. The quantitative estimate of drug-likeness (QED) is 0.0268.